The van der Waals surface area contributed by atoms with E-state index in [1.165, 1.54) is 17.7 Å². The monoisotopic (exact) mass is 250 g/mol. The number of hydrogen-bond acceptors (Lipinski definition) is 3. The van der Waals surface area contributed by atoms with Crippen LogP contribution < -0.4 is 10.6 Å². The van der Waals surface area contributed by atoms with Crippen LogP contribution >= 0.6 is 0 Å². The molecule has 0 bridgehead atoms. The Bertz CT molecular complexity index is 311. The first-order valence-electron chi connectivity index (χ1n) is 6.93. The van der Waals surface area contributed by atoms with Crippen LogP contribution in [-0.4, -0.2) is 26.3 Å². The van der Waals surface area contributed by atoms with Crippen molar-refractivity contribution in [2.24, 2.45) is 5.73 Å². The SMILES string of the molecule is CCCCOCCN(CC)c1ccc(CN)cc1. The maximum Gasteiger partial charge on any atom is 0.0641 e. The molecule has 1 rings (SSSR count). The highest BCUT2D eigenvalue weighted by Gasteiger charge is 2.03. The second kappa shape index (κ2) is 8.95. The number of hydrogen-bond donors (Lipinski definition) is 1. The van der Waals surface area contributed by atoms with E-state index < -0.39 is 0 Å². The molecule has 0 fully saturated rings. The lowest BCUT2D eigenvalue weighted by Gasteiger charge is -2.23. The molecule has 0 saturated heterocycles. The summed E-state index contributed by atoms with van der Waals surface area (Å²) in [4.78, 5) is 2.33. The molecule has 0 aromatic heterocycles. The van der Waals surface area contributed by atoms with Gasteiger partial charge in [0.2, 0.25) is 0 Å². The highest BCUT2D eigenvalue weighted by Crippen LogP contribution is 2.14. The van der Waals surface area contributed by atoms with Gasteiger partial charge in [-0.3, -0.25) is 0 Å². The van der Waals surface area contributed by atoms with E-state index in [0.29, 0.717) is 6.54 Å². The van der Waals surface area contributed by atoms with Gasteiger partial charge in [0.15, 0.2) is 0 Å². The lowest BCUT2D eigenvalue weighted by atomic mass is 10.2. The molecule has 1 aromatic rings. The Balaban J connectivity index is 2.39. The van der Waals surface area contributed by atoms with Crippen molar-refractivity contribution >= 4 is 5.69 Å². The average Bonchev–Trinajstić information content (AvgIpc) is 2.43. The molecule has 0 amide bonds. The normalized spacial score (nSPS) is 10.6. The molecule has 18 heavy (non-hydrogen) atoms. The van der Waals surface area contributed by atoms with Gasteiger partial charge in [-0.15, -0.1) is 0 Å². The summed E-state index contributed by atoms with van der Waals surface area (Å²) in [7, 11) is 0. The van der Waals surface area contributed by atoms with Crippen molar-refractivity contribution < 1.29 is 4.74 Å². The van der Waals surface area contributed by atoms with Crippen LogP contribution in [0.4, 0.5) is 5.69 Å². The van der Waals surface area contributed by atoms with Crippen LogP contribution in [-0.2, 0) is 11.3 Å². The third-order valence-electron chi connectivity index (χ3n) is 3.07. The summed E-state index contributed by atoms with van der Waals surface area (Å²) in [6.07, 6.45) is 2.34. The van der Waals surface area contributed by atoms with Gasteiger partial charge in [-0.1, -0.05) is 25.5 Å². The van der Waals surface area contributed by atoms with Crippen molar-refractivity contribution in [2.75, 3.05) is 31.2 Å². The standard InChI is InChI=1S/C15H26N2O/c1-3-5-11-18-12-10-17(4-2)15-8-6-14(13-16)7-9-15/h6-9H,3-5,10-13,16H2,1-2H3. The van der Waals surface area contributed by atoms with Gasteiger partial charge in [-0.05, 0) is 31.0 Å². The van der Waals surface area contributed by atoms with Gasteiger partial charge in [-0.2, -0.15) is 0 Å². The predicted octanol–water partition coefficient (Wildman–Crippen LogP) is 2.79. The molecule has 0 aliphatic rings. The third-order valence-corrected chi connectivity index (χ3v) is 3.07. The second-order valence-corrected chi connectivity index (χ2v) is 4.42. The van der Waals surface area contributed by atoms with E-state index >= 15 is 0 Å². The molecule has 1 aromatic carbocycles. The molecular weight excluding hydrogens is 224 g/mol. The summed E-state index contributed by atoms with van der Waals surface area (Å²) in [5.74, 6) is 0. The van der Waals surface area contributed by atoms with Crippen molar-refractivity contribution in [3.05, 3.63) is 29.8 Å². The molecule has 3 nitrogen and oxygen atoms in total. The first-order valence-corrected chi connectivity index (χ1v) is 6.93. The fraction of sp³-hybridized carbons (Fsp3) is 0.600. The van der Waals surface area contributed by atoms with Crippen LogP contribution in [0.25, 0.3) is 0 Å². The number of ether oxygens (including phenoxy) is 1. The highest BCUT2D eigenvalue weighted by atomic mass is 16.5. The van der Waals surface area contributed by atoms with Gasteiger partial charge < -0.3 is 15.4 Å². The Morgan fingerprint density at radius 3 is 2.39 bits per heavy atom. The predicted molar refractivity (Wildman–Crippen MR) is 77.9 cm³/mol. The van der Waals surface area contributed by atoms with Crippen molar-refractivity contribution in [3.63, 3.8) is 0 Å². The van der Waals surface area contributed by atoms with E-state index in [4.69, 9.17) is 10.5 Å². The van der Waals surface area contributed by atoms with Gasteiger partial charge >= 0.3 is 0 Å². The molecule has 2 N–H and O–H groups in total. The van der Waals surface area contributed by atoms with Crippen LogP contribution in [0.5, 0.6) is 0 Å². The largest absolute Gasteiger partial charge is 0.380 e. The van der Waals surface area contributed by atoms with Crippen LogP contribution in [0, 0.1) is 0 Å². The van der Waals surface area contributed by atoms with Crippen molar-refractivity contribution in [1.82, 2.24) is 0 Å². The van der Waals surface area contributed by atoms with Crippen molar-refractivity contribution in [3.8, 4) is 0 Å². The number of benzene rings is 1. The number of rotatable bonds is 9. The molecular formula is C15H26N2O. The lowest BCUT2D eigenvalue weighted by molar-refractivity contribution is 0.137. The van der Waals surface area contributed by atoms with Gasteiger partial charge in [-0.25, -0.2) is 0 Å². The second-order valence-electron chi connectivity index (χ2n) is 4.42. The van der Waals surface area contributed by atoms with Gasteiger partial charge in [0.25, 0.3) is 0 Å². The maximum atomic E-state index is 5.61. The van der Waals surface area contributed by atoms with Crippen molar-refractivity contribution in [2.45, 2.75) is 33.2 Å². The Labute approximate surface area is 111 Å². The van der Waals surface area contributed by atoms with Crippen LogP contribution in [0.3, 0.4) is 0 Å². The molecule has 0 spiro atoms. The molecule has 3 heteroatoms. The summed E-state index contributed by atoms with van der Waals surface area (Å²) < 4.78 is 5.61. The fourth-order valence-electron chi connectivity index (χ4n) is 1.84. The number of unbranched alkanes of at least 4 members (excludes halogenated alkanes) is 1. The fourth-order valence-corrected chi connectivity index (χ4v) is 1.84. The molecule has 0 radical (unpaired) electrons. The number of anilines is 1. The summed E-state index contributed by atoms with van der Waals surface area (Å²) in [6.45, 7) is 8.57. The van der Waals surface area contributed by atoms with E-state index in [0.717, 1.165) is 32.7 Å². The minimum atomic E-state index is 0.604. The smallest absolute Gasteiger partial charge is 0.0641 e. The number of nitrogens with zero attached hydrogens (tertiary/aromatic N) is 1. The van der Waals surface area contributed by atoms with E-state index in [9.17, 15) is 0 Å². The zero-order chi connectivity index (χ0) is 13.2. The summed E-state index contributed by atoms with van der Waals surface area (Å²) in [5, 5.41) is 0. The molecule has 0 unspecified atom stereocenters. The van der Waals surface area contributed by atoms with E-state index in [-0.39, 0.29) is 0 Å². The Hall–Kier alpha value is -1.06. The Morgan fingerprint density at radius 2 is 1.83 bits per heavy atom. The Kier molecular flexibility index (Phi) is 7.46. The summed E-state index contributed by atoms with van der Waals surface area (Å²) in [6, 6.07) is 8.46. The minimum absolute atomic E-state index is 0.604. The van der Waals surface area contributed by atoms with Crippen molar-refractivity contribution in [1.29, 1.82) is 0 Å². The summed E-state index contributed by atoms with van der Waals surface area (Å²) >= 11 is 0. The van der Waals surface area contributed by atoms with E-state index in [1.54, 1.807) is 0 Å². The molecule has 0 aliphatic heterocycles. The van der Waals surface area contributed by atoms with Crippen LogP contribution in [0.1, 0.15) is 32.3 Å². The first kappa shape index (κ1) is 15.0. The molecule has 0 heterocycles. The topological polar surface area (TPSA) is 38.5 Å². The lowest BCUT2D eigenvalue weighted by Crippen LogP contribution is -2.27. The minimum Gasteiger partial charge on any atom is -0.380 e. The molecule has 0 atom stereocenters. The van der Waals surface area contributed by atoms with Crippen LogP contribution in [0.2, 0.25) is 0 Å². The molecule has 102 valence electrons. The quantitative estimate of drug-likeness (QED) is 0.685. The number of nitrogens with two attached hydrogens (primary N) is 1. The van der Waals surface area contributed by atoms with E-state index in [2.05, 4.69) is 43.0 Å². The zero-order valence-electron chi connectivity index (χ0n) is 11.7. The van der Waals surface area contributed by atoms with E-state index in [1.807, 2.05) is 0 Å². The Morgan fingerprint density at radius 1 is 1.11 bits per heavy atom. The van der Waals surface area contributed by atoms with Gasteiger partial charge in [0.05, 0.1) is 6.61 Å². The maximum absolute atomic E-state index is 5.61. The van der Waals surface area contributed by atoms with Crippen LogP contribution in [0.15, 0.2) is 24.3 Å². The first-order chi connectivity index (χ1) is 8.81. The average molecular weight is 250 g/mol. The number of likely N-dealkylation sites (N-methyl/N-ethyl adjacent to an activating group) is 1. The highest BCUT2D eigenvalue weighted by molar-refractivity contribution is 5.47. The molecule has 0 saturated carbocycles. The summed E-state index contributed by atoms with van der Waals surface area (Å²) in [5.41, 5.74) is 8.02. The third kappa shape index (κ3) is 5.07. The zero-order valence-corrected chi connectivity index (χ0v) is 11.7. The van der Waals surface area contributed by atoms with Gasteiger partial charge in [0.1, 0.15) is 0 Å². The molecule has 0 aliphatic carbocycles. The van der Waals surface area contributed by atoms with Gasteiger partial charge in [0, 0.05) is 31.9 Å².